The molecule has 0 spiro atoms. The highest BCUT2D eigenvalue weighted by molar-refractivity contribution is 7.98. The van der Waals surface area contributed by atoms with Crippen LogP contribution >= 0.6 is 23.5 Å². The van der Waals surface area contributed by atoms with Gasteiger partial charge < -0.3 is 5.32 Å². The summed E-state index contributed by atoms with van der Waals surface area (Å²) in [5, 5.41) is 2.81. The Bertz CT molecular complexity index is 884. The van der Waals surface area contributed by atoms with Crippen molar-refractivity contribution < 1.29 is 13.2 Å². The van der Waals surface area contributed by atoms with E-state index in [-0.39, 0.29) is 12.5 Å². The highest BCUT2D eigenvalue weighted by atomic mass is 32.2. The van der Waals surface area contributed by atoms with Crippen molar-refractivity contribution in [2.45, 2.75) is 17.6 Å². The van der Waals surface area contributed by atoms with Crippen molar-refractivity contribution in [3.8, 4) is 0 Å². The molecule has 1 amide bonds. The third kappa shape index (κ3) is 7.41. The second kappa shape index (κ2) is 10.8. The number of anilines is 1. The zero-order valence-corrected chi connectivity index (χ0v) is 18.8. The summed E-state index contributed by atoms with van der Waals surface area (Å²) in [7, 11) is -3.55. The maximum absolute atomic E-state index is 12.3. The molecule has 0 aliphatic heterocycles. The maximum Gasteiger partial charge on any atom is 0.240 e. The minimum absolute atomic E-state index is 0.223. The fraction of sp³-hybridized carbons (Fsp3) is 0.350. The average Bonchev–Trinajstić information content (AvgIpc) is 2.66. The molecule has 8 heteroatoms. The van der Waals surface area contributed by atoms with Gasteiger partial charge >= 0.3 is 0 Å². The van der Waals surface area contributed by atoms with Crippen molar-refractivity contribution >= 4 is 45.1 Å². The molecule has 0 bridgehead atoms. The van der Waals surface area contributed by atoms with E-state index < -0.39 is 10.0 Å². The van der Waals surface area contributed by atoms with Crippen molar-refractivity contribution in [1.29, 1.82) is 0 Å². The number of nitrogens with one attached hydrogen (secondary N) is 1. The van der Waals surface area contributed by atoms with Crippen LogP contribution in [0.1, 0.15) is 11.1 Å². The summed E-state index contributed by atoms with van der Waals surface area (Å²) in [4.78, 5) is 13.2. The summed E-state index contributed by atoms with van der Waals surface area (Å²) >= 11 is 3.25. The fourth-order valence-corrected chi connectivity index (χ4v) is 4.61. The fourth-order valence-electron chi connectivity index (χ4n) is 2.49. The highest BCUT2D eigenvalue weighted by Crippen LogP contribution is 2.23. The van der Waals surface area contributed by atoms with E-state index in [1.54, 1.807) is 30.0 Å². The topological polar surface area (TPSA) is 66.5 Å². The molecule has 2 aromatic rings. The summed E-state index contributed by atoms with van der Waals surface area (Å²) in [5.74, 6) is 1.34. The molecule has 1 N–H and O–H groups in total. The van der Waals surface area contributed by atoms with Gasteiger partial charge in [0.05, 0.1) is 11.9 Å². The molecule has 0 aromatic heterocycles. The minimum Gasteiger partial charge on any atom is -0.354 e. The van der Waals surface area contributed by atoms with E-state index in [0.29, 0.717) is 12.2 Å². The lowest BCUT2D eigenvalue weighted by atomic mass is 10.2. The molecule has 0 saturated heterocycles. The summed E-state index contributed by atoms with van der Waals surface area (Å²) in [6, 6.07) is 15.6. The van der Waals surface area contributed by atoms with Crippen LogP contribution < -0.4 is 9.62 Å². The Morgan fingerprint density at radius 1 is 1.14 bits per heavy atom. The summed E-state index contributed by atoms with van der Waals surface area (Å²) < 4.78 is 25.5. The minimum atomic E-state index is -3.55. The van der Waals surface area contributed by atoms with Crippen LogP contribution in [0, 0.1) is 6.92 Å². The molecule has 2 aromatic carbocycles. The van der Waals surface area contributed by atoms with Gasteiger partial charge in [-0.05, 0) is 36.9 Å². The first-order valence-electron chi connectivity index (χ1n) is 8.81. The van der Waals surface area contributed by atoms with Gasteiger partial charge in [-0.15, -0.1) is 11.8 Å². The Balaban J connectivity index is 1.83. The Morgan fingerprint density at radius 2 is 1.86 bits per heavy atom. The van der Waals surface area contributed by atoms with E-state index in [9.17, 15) is 13.2 Å². The Morgan fingerprint density at radius 3 is 2.50 bits per heavy atom. The largest absolute Gasteiger partial charge is 0.354 e. The van der Waals surface area contributed by atoms with E-state index in [1.165, 1.54) is 22.9 Å². The molecule has 152 valence electrons. The lowest BCUT2D eigenvalue weighted by Gasteiger charge is -2.22. The Kier molecular flexibility index (Phi) is 8.72. The van der Waals surface area contributed by atoms with Crippen molar-refractivity contribution in [3.05, 3.63) is 59.7 Å². The summed E-state index contributed by atoms with van der Waals surface area (Å²) in [5.41, 5.74) is 2.98. The van der Waals surface area contributed by atoms with Crippen LogP contribution in [0.4, 0.5) is 5.69 Å². The number of thioether (sulfide) groups is 2. The molecular weight excluding hydrogens is 412 g/mol. The number of benzene rings is 2. The van der Waals surface area contributed by atoms with Gasteiger partial charge in [0, 0.05) is 22.9 Å². The standard InChI is InChI=1S/C20H26N2O3S3/c1-16-7-9-17(10-8-16)15-27-12-11-21-20(23)14-22(28(3,24)25)18-5-4-6-19(13-18)26-2/h4-10,13H,11-12,14-15H2,1-3H3,(H,21,23). The van der Waals surface area contributed by atoms with Crippen molar-refractivity contribution in [3.63, 3.8) is 0 Å². The first-order valence-corrected chi connectivity index (χ1v) is 13.0. The molecule has 2 rings (SSSR count). The zero-order valence-electron chi connectivity index (χ0n) is 16.3. The van der Waals surface area contributed by atoms with Crippen LogP contribution in [0.5, 0.6) is 0 Å². The van der Waals surface area contributed by atoms with Crippen LogP contribution in [0.2, 0.25) is 0 Å². The van der Waals surface area contributed by atoms with Crippen LogP contribution in [-0.2, 0) is 20.6 Å². The number of carbonyl (C=O) groups is 1. The second-order valence-electron chi connectivity index (χ2n) is 6.36. The smallest absolute Gasteiger partial charge is 0.240 e. The molecule has 0 aliphatic carbocycles. The van der Waals surface area contributed by atoms with Gasteiger partial charge in [-0.2, -0.15) is 11.8 Å². The van der Waals surface area contributed by atoms with Crippen molar-refractivity contribution in [2.75, 3.05) is 35.7 Å². The number of nitrogens with zero attached hydrogens (tertiary/aromatic N) is 1. The Labute approximate surface area is 176 Å². The maximum atomic E-state index is 12.3. The number of aryl methyl sites for hydroxylation is 1. The van der Waals surface area contributed by atoms with Gasteiger partial charge in [0.15, 0.2) is 0 Å². The third-order valence-corrected chi connectivity index (χ3v) is 6.88. The van der Waals surface area contributed by atoms with Gasteiger partial charge in [-0.1, -0.05) is 35.9 Å². The van der Waals surface area contributed by atoms with E-state index in [4.69, 9.17) is 0 Å². The monoisotopic (exact) mass is 438 g/mol. The van der Waals surface area contributed by atoms with Crippen LogP contribution in [0.25, 0.3) is 0 Å². The molecule has 5 nitrogen and oxygen atoms in total. The number of sulfonamides is 1. The molecule has 0 atom stereocenters. The molecule has 0 unspecified atom stereocenters. The molecule has 0 heterocycles. The molecular formula is C20H26N2O3S3. The van der Waals surface area contributed by atoms with Gasteiger partial charge in [0.1, 0.15) is 6.54 Å². The SMILES string of the molecule is CSc1cccc(N(CC(=O)NCCSCc2ccc(C)cc2)S(C)(=O)=O)c1. The molecule has 0 aliphatic rings. The quantitative estimate of drug-likeness (QED) is 0.454. The van der Waals surface area contributed by atoms with Crippen molar-refractivity contribution in [2.24, 2.45) is 0 Å². The molecule has 28 heavy (non-hydrogen) atoms. The lowest BCUT2D eigenvalue weighted by Crippen LogP contribution is -2.41. The third-order valence-electron chi connectivity index (χ3n) is 3.99. The van der Waals surface area contributed by atoms with E-state index in [1.807, 2.05) is 12.3 Å². The first kappa shape index (κ1) is 22.6. The molecule has 0 radical (unpaired) electrons. The van der Waals surface area contributed by atoms with Gasteiger partial charge in [-0.25, -0.2) is 8.42 Å². The van der Waals surface area contributed by atoms with Gasteiger partial charge in [-0.3, -0.25) is 9.10 Å². The number of carbonyl (C=O) groups excluding carboxylic acids is 1. The summed E-state index contributed by atoms with van der Waals surface area (Å²) in [6.45, 7) is 2.33. The van der Waals surface area contributed by atoms with E-state index >= 15 is 0 Å². The number of rotatable bonds is 10. The highest BCUT2D eigenvalue weighted by Gasteiger charge is 2.20. The van der Waals surface area contributed by atoms with Crippen LogP contribution in [-0.4, -0.2) is 45.7 Å². The van der Waals surface area contributed by atoms with Gasteiger partial charge in [0.25, 0.3) is 0 Å². The average molecular weight is 439 g/mol. The molecule has 0 fully saturated rings. The molecule has 0 saturated carbocycles. The second-order valence-corrected chi connectivity index (χ2v) is 10.3. The van der Waals surface area contributed by atoms with Crippen molar-refractivity contribution in [1.82, 2.24) is 5.32 Å². The predicted molar refractivity (Wildman–Crippen MR) is 121 cm³/mol. The summed E-state index contributed by atoms with van der Waals surface area (Å²) in [6.07, 6.45) is 3.04. The first-order chi connectivity index (χ1) is 13.3. The number of amides is 1. The van der Waals surface area contributed by atoms with Gasteiger partial charge in [0.2, 0.25) is 15.9 Å². The van der Waals surface area contributed by atoms with Crippen LogP contribution in [0.15, 0.2) is 53.4 Å². The Hall–Kier alpha value is -1.64. The number of hydrogen-bond donors (Lipinski definition) is 1. The zero-order chi connectivity index (χ0) is 20.6. The normalized spacial score (nSPS) is 11.2. The lowest BCUT2D eigenvalue weighted by molar-refractivity contribution is -0.119. The van der Waals surface area contributed by atoms with E-state index in [2.05, 4.69) is 36.5 Å². The predicted octanol–water partition coefficient (Wildman–Crippen LogP) is 3.53. The van der Waals surface area contributed by atoms with Crippen LogP contribution in [0.3, 0.4) is 0 Å². The number of hydrogen-bond acceptors (Lipinski definition) is 5. The van der Waals surface area contributed by atoms with E-state index in [0.717, 1.165) is 27.0 Å².